The molecule has 0 amide bonds. The number of aliphatic carboxylic acids is 1. The highest BCUT2D eigenvalue weighted by molar-refractivity contribution is 6.30. The Morgan fingerprint density at radius 1 is 1.47 bits per heavy atom. The first-order valence-electron chi connectivity index (χ1n) is 6.78. The summed E-state index contributed by atoms with van der Waals surface area (Å²) in [5.74, 6) is -0.699. The van der Waals surface area contributed by atoms with Crippen molar-refractivity contribution in [3.8, 4) is 0 Å². The average molecular weight is 282 g/mol. The number of hydrogen-bond acceptors (Lipinski definition) is 2. The zero-order chi connectivity index (χ0) is 13.8. The van der Waals surface area contributed by atoms with Gasteiger partial charge in [0.15, 0.2) is 0 Å². The van der Waals surface area contributed by atoms with Crippen molar-refractivity contribution in [3.63, 3.8) is 0 Å². The summed E-state index contributed by atoms with van der Waals surface area (Å²) >= 11 is 5.88. The van der Waals surface area contributed by atoms with E-state index in [9.17, 15) is 4.79 Å². The Balaban J connectivity index is 1.96. The van der Waals surface area contributed by atoms with E-state index in [2.05, 4.69) is 11.8 Å². The molecule has 104 valence electrons. The number of carbonyl (C=O) groups is 1. The maximum Gasteiger partial charge on any atom is 0.304 e. The minimum atomic E-state index is -0.699. The zero-order valence-corrected chi connectivity index (χ0v) is 11.9. The molecular weight excluding hydrogens is 262 g/mol. The molecule has 0 bridgehead atoms. The highest BCUT2D eigenvalue weighted by Gasteiger charge is 2.29. The number of halogens is 1. The quantitative estimate of drug-likeness (QED) is 0.901. The molecule has 0 radical (unpaired) electrons. The van der Waals surface area contributed by atoms with Crippen LogP contribution in [-0.4, -0.2) is 34.6 Å². The largest absolute Gasteiger partial charge is 0.481 e. The summed E-state index contributed by atoms with van der Waals surface area (Å²) in [6, 6.07) is 8.46. The van der Waals surface area contributed by atoms with Gasteiger partial charge in [0.25, 0.3) is 0 Å². The standard InChI is InChI=1S/C15H20ClNO2/c1-11(9-12-4-6-13(16)7-5-12)17-8-2-3-14(17)10-15(18)19/h4-7,11,14H,2-3,8-10H2,1H3,(H,18,19). The Hall–Kier alpha value is -1.06. The second kappa shape index (κ2) is 6.40. The SMILES string of the molecule is CC(Cc1ccc(Cl)cc1)N1CCCC1CC(=O)O. The van der Waals surface area contributed by atoms with E-state index in [0.29, 0.717) is 6.04 Å². The van der Waals surface area contributed by atoms with Gasteiger partial charge in [0.1, 0.15) is 0 Å². The van der Waals surface area contributed by atoms with Crippen LogP contribution in [0, 0.1) is 0 Å². The van der Waals surface area contributed by atoms with E-state index in [1.54, 1.807) is 0 Å². The first kappa shape index (κ1) is 14.4. The third-order valence-corrected chi connectivity index (χ3v) is 4.10. The van der Waals surface area contributed by atoms with Crippen molar-refractivity contribution >= 4 is 17.6 Å². The number of likely N-dealkylation sites (tertiary alicyclic amines) is 1. The van der Waals surface area contributed by atoms with E-state index in [1.165, 1.54) is 5.56 Å². The molecule has 3 nitrogen and oxygen atoms in total. The summed E-state index contributed by atoms with van der Waals surface area (Å²) < 4.78 is 0. The number of benzene rings is 1. The van der Waals surface area contributed by atoms with E-state index in [4.69, 9.17) is 16.7 Å². The van der Waals surface area contributed by atoms with Crippen LogP contribution in [-0.2, 0) is 11.2 Å². The normalized spacial score (nSPS) is 21.5. The maximum atomic E-state index is 10.9. The Morgan fingerprint density at radius 3 is 2.79 bits per heavy atom. The summed E-state index contributed by atoms with van der Waals surface area (Å²) in [6.07, 6.45) is 3.29. The number of carboxylic acid groups (broad SMARTS) is 1. The van der Waals surface area contributed by atoms with Gasteiger partial charge in [-0.15, -0.1) is 0 Å². The molecule has 1 aliphatic rings. The van der Waals surface area contributed by atoms with E-state index in [1.807, 2.05) is 24.3 Å². The van der Waals surface area contributed by atoms with E-state index >= 15 is 0 Å². The van der Waals surface area contributed by atoms with Crippen molar-refractivity contribution < 1.29 is 9.90 Å². The molecular formula is C15H20ClNO2. The molecule has 1 aromatic rings. The van der Waals surface area contributed by atoms with Crippen LogP contribution >= 0.6 is 11.6 Å². The second-order valence-corrected chi connectivity index (χ2v) is 5.75. The highest BCUT2D eigenvalue weighted by Crippen LogP contribution is 2.24. The third-order valence-electron chi connectivity index (χ3n) is 3.84. The number of rotatable bonds is 5. The lowest BCUT2D eigenvalue weighted by Crippen LogP contribution is -2.39. The number of hydrogen-bond donors (Lipinski definition) is 1. The van der Waals surface area contributed by atoms with Gasteiger partial charge >= 0.3 is 5.97 Å². The lowest BCUT2D eigenvalue weighted by atomic mass is 10.0. The predicted molar refractivity (Wildman–Crippen MR) is 76.6 cm³/mol. The van der Waals surface area contributed by atoms with Gasteiger partial charge in [-0.3, -0.25) is 9.69 Å². The summed E-state index contributed by atoms with van der Waals surface area (Å²) in [7, 11) is 0. The van der Waals surface area contributed by atoms with E-state index in [0.717, 1.165) is 30.8 Å². The smallest absolute Gasteiger partial charge is 0.304 e. The Labute approximate surface area is 119 Å². The molecule has 1 heterocycles. The fourth-order valence-electron chi connectivity index (χ4n) is 2.94. The molecule has 4 heteroatoms. The lowest BCUT2D eigenvalue weighted by Gasteiger charge is -2.30. The Bertz CT molecular complexity index is 432. The van der Waals surface area contributed by atoms with E-state index < -0.39 is 5.97 Å². The van der Waals surface area contributed by atoms with Gasteiger partial charge in [-0.1, -0.05) is 23.7 Å². The third kappa shape index (κ3) is 3.95. The molecule has 0 saturated carbocycles. The minimum Gasteiger partial charge on any atom is -0.481 e. The summed E-state index contributed by atoms with van der Waals surface area (Å²) in [6.45, 7) is 3.18. The van der Waals surface area contributed by atoms with Crippen molar-refractivity contribution in [3.05, 3.63) is 34.9 Å². The molecule has 0 spiro atoms. The van der Waals surface area contributed by atoms with Crippen molar-refractivity contribution in [1.29, 1.82) is 0 Å². The van der Waals surface area contributed by atoms with Gasteiger partial charge in [-0.2, -0.15) is 0 Å². The average Bonchev–Trinajstić information content (AvgIpc) is 2.79. The van der Waals surface area contributed by atoms with Crippen molar-refractivity contribution in [2.45, 2.75) is 44.7 Å². The number of nitrogens with zero attached hydrogens (tertiary/aromatic N) is 1. The van der Waals surface area contributed by atoms with Gasteiger partial charge in [-0.25, -0.2) is 0 Å². The molecule has 2 atom stereocenters. The fraction of sp³-hybridized carbons (Fsp3) is 0.533. The molecule has 2 rings (SSSR count). The molecule has 2 unspecified atom stereocenters. The van der Waals surface area contributed by atoms with Gasteiger partial charge in [0.2, 0.25) is 0 Å². The molecule has 0 aliphatic carbocycles. The molecule has 19 heavy (non-hydrogen) atoms. The zero-order valence-electron chi connectivity index (χ0n) is 11.2. The first-order valence-corrected chi connectivity index (χ1v) is 7.16. The van der Waals surface area contributed by atoms with Crippen LogP contribution in [0.2, 0.25) is 5.02 Å². The second-order valence-electron chi connectivity index (χ2n) is 5.31. The van der Waals surface area contributed by atoms with Gasteiger partial charge in [-0.05, 0) is 50.4 Å². The maximum absolute atomic E-state index is 10.9. The summed E-state index contributed by atoms with van der Waals surface area (Å²) in [5, 5.41) is 9.70. The molecule has 1 N–H and O–H groups in total. The van der Waals surface area contributed by atoms with Crippen LogP contribution in [0.1, 0.15) is 31.7 Å². The van der Waals surface area contributed by atoms with Crippen LogP contribution in [0.15, 0.2) is 24.3 Å². The van der Waals surface area contributed by atoms with Gasteiger partial charge in [0.05, 0.1) is 6.42 Å². The number of carboxylic acids is 1. The van der Waals surface area contributed by atoms with Gasteiger partial charge < -0.3 is 5.11 Å². The van der Waals surface area contributed by atoms with Crippen LogP contribution in [0.5, 0.6) is 0 Å². The first-order chi connectivity index (χ1) is 9.06. The lowest BCUT2D eigenvalue weighted by molar-refractivity contribution is -0.138. The van der Waals surface area contributed by atoms with E-state index in [-0.39, 0.29) is 12.5 Å². The summed E-state index contributed by atoms with van der Waals surface area (Å²) in [4.78, 5) is 13.2. The van der Waals surface area contributed by atoms with Crippen LogP contribution < -0.4 is 0 Å². The van der Waals surface area contributed by atoms with Gasteiger partial charge in [0, 0.05) is 17.1 Å². The molecule has 1 saturated heterocycles. The van der Waals surface area contributed by atoms with Crippen LogP contribution in [0.3, 0.4) is 0 Å². The topological polar surface area (TPSA) is 40.5 Å². The Morgan fingerprint density at radius 2 is 2.16 bits per heavy atom. The monoisotopic (exact) mass is 281 g/mol. The van der Waals surface area contributed by atoms with Crippen LogP contribution in [0.4, 0.5) is 0 Å². The fourth-order valence-corrected chi connectivity index (χ4v) is 3.06. The summed E-state index contributed by atoms with van der Waals surface area (Å²) in [5.41, 5.74) is 1.25. The molecule has 1 aliphatic heterocycles. The molecule has 1 fully saturated rings. The van der Waals surface area contributed by atoms with Crippen molar-refractivity contribution in [2.75, 3.05) is 6.54 Å². The highest BCUT2D eigenvalue weighted by atomic mass is 35.5. The molecule has 0 aromatic heterocycles. The molecule has 1 aromatic carbocycles. The van der Waals surface area contributed by atoms with Crippen molar-refractivity contribution in [1.82, 2.24) is 4.90 Å². The minimum absolute atomic E-state index is 0.194. The van der Waals surface area contributed by atoms with Crippen molar-refractivity contribution in [2.24, 2.45) is 0 Å². The van der Waals surface area contributed by atoms with Crippen LogP contribution in [0.25, 0.3) is 0 Å². The Kier molecular flexibility index (Phi) is 4.83. The predicted octanol–water partition coefficient (Wildman–Crippen LogP) is 3.21.